The number of aliphatic hydroxyl groups is 1. The van der Waals surface area contributed by atoms with Crippen LogP contribution in [0.2, 0.25) is 0 Å². The number of carbonyl (C=O) groups excluding carboxylic acids is 3. The van der Waals surface area contributed by atoms with Gasteiger partial charge in [-0.15, -0.1) is 0 Å². The molecule has 4 rings (SSSR count). The summed E-state index contributed by atoms with van der Waals surface area (Å²) in [5, 5.41) is 11.3. The van der Waals surface area contributed by atoms with Crippen molar-refractivity contribution >= 4 is 39.9 Å². The first kappa shape index (κ1) is 26.8. The minimum atomic E-state index is -1.17. The number of hydrogen-bond donors (Lipinski definition) is 1. The third kappa shape index (κ3) is 4.60. The van der Waals surface area contributed by atoms with E-state index in [4.69, 9.17) is 14.2 Å². The molecule has 2 heterocycles. The molecule has 1 fully saturated rings. The minimum absolute atomic E-state index is 0.0270. The van der Waals surface area contributed by atoms with Crippen LogP contribution >= 0.6 is 11.3 Å². The molecule has 0 aliphatic carbocycles. The van der Waals surface area contributed by atoms with Crippen LogP contribution in [0.25, 0.3) is 5.76 Å². The van der Waals surface area contributed by atoms with E-state index < -0.39 is 35.3 Å². The van der Waals surface area contributed by atoms with Gasteiger partial charge in [0.2, 0.25) is 0 Å². The number of ketones is 1. The van der Waals surface area contributed by atoms with Gasteiger partial charge in [0.15, 0.2) is 16.6 Å². The Balaban J connectivity index is 1.96. The van der Waals surface area contributed by atoms with Crippen molar-refractivity contribution in [2.24, 2.45) is 0 Å². The average Bonchev–Trinajstić information content (AvgIpc) is 3.41. The normalized spacial score (nSPS) is 16.6. The number of halogens is 1. The molecule has 0 bridgehead atoms. The van der Waals surface area contributed by atoms with Crippen LogP contribution < -0.4 is 14.4 Å². The molecule has 1 aliphatic heterocycles. The number of ether oxygens (including phenoxy) is 3. The first-order valence-electron chi connectivity index (χ1n) is 11.6. The number of rotatable bonds is 7. The van der Waals surface area contributed by atoms with Crippen LogP contribution in [-0.4, -0.2) is 48.6 Å². The molecule has 38 heavy (non-hydrogen) atoms. The van der Waals surface area contributed by atoms with E-state index in [1.54, 1.807) is 39.0 Å². The number of carbonyl (C=O) groups is 3. The molecular weight excluding hydrogens is 515 g/mol. The number of aliphatic hydroxyl groups excluding tert-OH is 1. The van der Waals surface area contributed by atoms with E-state index in [1.165, 1.54) is 26.4 Å². The van der Waals surface area contributed by atoms with Gasteiger partial charge in [-0.3, -0.25) is 14.5 Å². The molecule has 1 N–H and O–H groups in total. The number of aryl methyl sites for hydroxylation is 2. The number of benzene rings is 2. The molecule has 198 valence electrons. The lowest BCUT2D eigenvalue weighted by Crippen LogP contribution is -2.29. The Hall–Kier alpha value is -4.25. The maximum absolute atomic E-state index is 14.4. The van der Waals surface area contributed by atoms with Crippen LogP contribution in [0.4, 0.5) is 9.52 Å². The molecule has 3 aromatic rings. The van der Waals surface area contributed by atoms with Crippen LogP contribution in [0, 0.1) is 19.7 Å². The fraction of sp³-hybridized carbons (Fsp3) is 0.259. The molecule has 0 spiro atoms. The van der Waals surface area contributed by atoms with Crippen LogP contribution in [0.1, 0.15) is 45.0 Å². The van der Waals surface area contributed by atoms with E-state index in [9.17, 15) is 23.9 Å². The van der Waals surface area contributed by atoms with Gasteiger partial charge < -0.3 is 19.3 Å². The second kappa shape index (κ2) is 10.6. The summed E-state index contributed by atoms with van der Waals surface area (Å²) in [5.41, 5.74) is 0.817. The summed E-state index contributed by atoms with van der Waals surface area (Å²) in [5.74, 6) is -2.98. The van der Waals surface area contributed by atoms with E-state index in [-0.39, 0.29) is 27.8 Å². The molecule has 1 atom stereocenters. The van der Waals surface area contributed by atoms with Gasteiger partial charge in [-0.25, -0.2) is 14.2 Å². The van der Waals surface area contributed by atoms with Gasteiger partial charge in [-0.2, -0.15) is 0 Å². The first-order valence-corrected chi connectivity index (χ1v) is 12.4. The zero-order valence-corrected chi connectivity index (χ0v) is 22.1. The van der Waals surface area contributed by atoms with E-state index in [2.05, 4.69) is 4.98 Å². The van der Waals surface area contributed by atoms with Crippen molar-refractivity contribution in [1.29, 1.82) is 0 Å². The molecule has 0 saturated carbocycles. The third-order valence-corrected chi connectivity index (χ3v) is 7.20. The van der Waals surface area contributed by atoms with E-state index >= 15 is 0 Å². The molecule has 1 aromatic heterocycles. The summed E-state index contributed by atoms with van der Waals surface area (Å²) >= 11 is 0.888. The summed E-state index contributed by atoms with van der Waals surface area (Å²) in [4.78, 5) is 44.9. The highest BCUT2D eigenvalue weighted by molar-refractivity contribution is 7.17. The molecule has 1 saturated heterocycles. The van der Waals surface area contributed by atoms with Crippen molar-refractivity contribution in [3.8, 4) is 11.5 Å². The van der Waals surface area contributed by atoms with Crippen LogP contribution in [0.3, 0.4) is 0 Å². The Bertz CT molecular complexity index is 1480. The van der Waals surface area contributed by atoms with Crippen LogP contribution in [0.5, 0.6) is 11.5 Å². The van der Waals surface area contributed by atoms with Crippen molar-refractivity contribution in [2.75, 3.05) is 25.7 Å². The first-order chi connectivity index (χ1) is 18.1. The molecule has 1 unspecified atom stereocenters. The van der Waals surface area contributed by atoms with E-state index in [0.29, 0.717) is 28.3 Å². The monoisotopic (exact) mass is 540 g/mol. The SMILES string of the molecule is CCOC(=O)c1sc(N2C(=O)C(=O)/C(=C(/O)c3ccc(C)c(F)c3)C2c2ccc(OC)c(OC)c2)nc1C. The Kier molecular flexibility index (Phi) is 7.49. The number of amides is 1. The predicted molar refractivity (Wildman–Crippen MR) is 138 cm³/mol. The third-order valence-electron chi connectivity index (χ3n) is 6.07. The summed E-state index contributed by atoms with van der Waals surface area (Å²) in [6, 6.07) is 7.62. The molecule has 9 nitrogen and oxygen atoms in total. The van der Waals surface area contributed by atoms with E-state index in [0.717, 1.165) is 22.3 Å². The van der Waals surface area contributed by atoms with Gasteiger partial charge in [0.05, 0.1) is 38.1 Å². The standard InChI is InChI=1S/C27H25FN2O7S/c1-6-37-26(34)24-14(3)29-27(38-24)30-21(15-9-10-18(35-4)19(12-15)36-5)20(23(32)25(30)33)22(31)16-8-7-13(2)17(28)11-16/h7-12,21,31H,6H2,1-5H3/b22-20+. The minimum Gasteiger partial charge on any atom is -0.507 e. The van der Waals surface area contributed by atoms with Crippen LogP contribution in [0.15, 0.2) is 42.0 Å². The lowest BCUT2D eigenvalue weighted by Gasteiger charge is -2.23. The van der Waals surface area contributed by atoms with Crippen molar-refractivity contribution < 1.29 is 38.1 Å². The highest BCUT2D eigenvalue weighted by atomic mass is 32.1. The zero-order chi connectivity index (χ0) is 27.7. The number of methoxy groups -OCH3 is 2. The summed E-state index contributed by atoms with van der Waals surface area (Å²) in [6.07, 6.45) is 0. The fourth-order valence-corrected chi connectivity index (χ4v) is 5.12. The van der Waals surface area contributed by atoms with Gasteiger partial charge in [0.25, 0.3) is 5.78 Å². The lowest BCUT2D eigenvalue weighted by atomic mass is 9.94. The van der Waals surface area contributed by atoms with Crippen molar-refractivity contribution in [3.63, 3.8) is 0 Å². The van der Waals surface area contributed by atoms with Gasteiger partial charge in [0, 0.05) is 5.56 Å². The zero-order valence-electron chi connectivity index (χ0n) is 21.3. The number of Topliss-reactive ketones (excluding diaryl/α,β-unsaturated/α-hetero) is 1. The average molecular weight is 541 g/mol. The van der Waals surface area contributed by atoms with E-state index in [1.807, 2.05) is 0 Å². The lowest BCUT2D eigenvalue weighted by molar-refractivity contribution is -0.132. The maximum Gasteiger partial charge on any atom is 0.350 e. The molecule has 2 aromatic carbocycles. The van der Waals surface area contributed by atoms with Crippen LogP contribution in [-0.2, 0) is 14.3 Å². The number of nitrogens with zero attached hydrogens (tertiary/aromatic N) is 2. The highest BCUT2D eigenvalue weighted by Gasteiger charge is 2.48. The largest absolute Gasteiger partial charge is 0.507 e. The second-order valence-electron chi connectivity index (χ2n) is 8.38. The highest BCUT2D eigenvalue weighted by Crippen LogP contribution is 2.45. The molecule has 1 amide bonds. The Morgan fingerprint density at radius 1 is 1.11 bits per heavy atom. The Morgan fingerprint density at radius 3 is 2.45 bits per heavy atom. The van der Waals surface area contributed by atoms with Crippen molar-refractivity contribution in [1.82, 2.24) is 4.98 Å². The number of thiazole rings is 1. The maximum atomic E-state index is 14.4. The topological polar surface area (TPSA) is 115 Å². The molecule has 1 aliphatic rings. The quantitative estimate of drug-likeness (QED) is 0.198. The summed E-state index contributed by atoms with van der Waals surface area (Å²) in [6.45, 7) is 4.96. The summed E-state index contributed by atoms with van der Waals surface area (Å²) in [7, 11) is 2.90. The molecule has 11 heteroatoms. The van der Waals surface area contributed by atoms with Gasteiger partial charge in [0.1, 0.15) is 16.5 Å². The number of hydrogen-bond acceptors (Lipinski definition) is 9. The fourth-order valence-electron chi connectivity index (χ4n) is 4.14. The molecule has 0 radical (unpaired) electrons. The number of anilines is 1. The Labute approximate surface area is 222 Å². The van der Waals surface area contributed by atoms with Crippen molar-refractivity contribution in [3.05, 3.63) is 75.0 Å². The van der Waals surface area contributed by atoms with Gasteiger partial charge >= 0.3 is 11.9 Å². The predicted octanol–water partition coefficient (Wildman–Crippen LogP) is 4.72. The second-order valence-corrected chi connectivity index (χ2v) is 9.36. The smallest absolute Gasteiger partial charge is 0.350 e. The summed E-state index contributed by atoms with van der Waals surface area (Å²) < 4.78 is 30.1. The number of aromatic nitrogens is 1. The van der Waals surface area contributed by atoms with Crippen molar-refractivity contribution in [2.45, 2.75) is 26.8 Å². The van der Waals surface area contributed by atoms with Gasteiger partial charge in [-0.1, -0.05) is 29.5 Å². The Morgan fingerprint density at radius 2 is 1.82 bits per heavy atom. The molecular formula is C27H25FN2O7S. The van der Waals surface area contributed by atoms with Gasteiger partial charge in [-0.05, 0) is 50.1 Å². The number of esters is 1.